The summed E-state index contributed by atoms with van der Waals surface area (Å²) in [5.41, 5.74) is 5.33. The van der Waals surface area contributed by atoms with Gasteiger partial charge in [0, 0.05) is 126 Å². The summed E-state index contributed by atoms with van der Waals surface area (Å²) in [5.74, 6) is 4.51. The van der Waals surface area contributed by atoms with E-state index in [0.29, 0.717) is 164 Å². The third-order valence-electron chi connectivity index (χ3n) is 23.8. The molecule has 0 aliphatic heterocycles. The average molecular weight is 1980 g/mol. The Labute approximate surface area is 829 Å². The standard InChI is InChI=1S/C21H27N7O3.C20H23N7O3.2C18H21N7O3.C17H18FN7O2/c1-21(2,12-29)11-24-19(30)14-10-25-28-17(22-3)9-16(27-18(14)28)26-15-5-4-8-23-20(15)31-13-6-7-13;1-21-17-9-16(24-14-3-2-8-22-20(14)30-11-4-5-11)26-18-12(10-23-27(17)18)19(29)25-13-6-7-15(13)28;2*1-19-15-8-14(22-12-4-3-7-20-18(12)28-2)24-16-10(9-21-25(15)16)17(27)23-11-5-6-13(11)26;1-19-14-7-13(22-11-4-3-5-20-17(11)27-2)24-15-9(8-21-25(14)15)16(26)23-12-6-10(12)18/h4-5,8-10,13,22,29H,6-7,11-12H2,1-3H3,(H,24,30)(H,26,27);2-3,8-11,13,15,21,28H,4-7H2,1H3,(H,24,26)(H,25,29);2*3-4,7-9,11,13,19,26H,5-6H2,1-2H3,(H,22,24)(H,23,27);3-5,7-8,10,12,19H,6H2,1-2H3,(H,22,24)(H,23,26)/t;13-,15-;2*11-,13-;10-,12+/m.0001/s1/i;;2D3;;1D3. The number of alkyl halides is 1. The Balaban J connectivity index is 0.000000128. The van der Waals surface area contributed by atoms with Crippen LogP contribution >= 0.6 is 0 Å². The highest BCUT2D eigenvalue weighted by molar-refractivity contribution is 6.03. The minimum Gasteiger partial charge on any atom is -0.480 e. The smallest absolute Gasteiger partial charge is 0.257 e. The van der Waals surface area contributed by atoms with E-state index >= 15 is 0 Å². The molecule has 49 nitrogen and oxygen atoms in total. The zero-order chi connectivity index (χ0) is 106. The topological polar surface area (TPSA) is 608 Å². The van der Waals surface area contributed by atoms with Crippen LogP contribution in [0.2, 0.25) is 0 Å². The first-order valence-electron chi connectivity index (χ1n) is 49.1. The molecule has 6 fully saturated rings. The van der Waals surface area contributed by atoms with Crippen molar-refractivity contribution in [2.75, 3.05) is 123 Å². The third-order valence-corrected chi connectivity index (χ3v) is 23.8. The van der Waals surface area contributed by atoms with E-state index in [1.54, 1.807) is 121 Å². The second-order valence-electron chi connectivity index (χ2n) is 34.8. The number of carbonyl (C=O) groups is 5. The van der Waals surface area contributed by atoms with Gasteiger partial charge in [-0.05, 0) is 125 Å². The number of hydrogen-bond acceptors (Lipinski definition) is 39. The number of rotatable bonds is 34. The Bertz CT molecular complexity index is 7440. The first kappa shape index (κ1) is 90.8. The first-order valence-corrected chi connectivity index (χ1v) is 46.1. The number of pyridine rings is 5. The average Bonchev–Trinajstić information content (AvgIpc) is 1.65. The lowest BCUT2D eigenvalue weighted by atomic mass is 9.89. The van der Waals surface area contributed by atoms with Crippen LogP contribution in [0.15, 0.2) is 153 Å². The number of ether oxygens (including phenoxy) is 5. The zero-order valence-corrected chi connectivity index (χ0v) is 79.1. The number of anilines is 15. The van der Waals surface area contributed by atoms with Crippen LogP contribution < -0.4 is 103 Å². The van der Waals surface area contributed by atoms with Crippen molar-refractivity contribution in [1.82, 2.24) is 124 Å². The summed E-state index contributed by atoms with van der Waals surface area (Å²) in [6.45, 7) is 1.53. The maximum Gasteiger partial charge on any atom is 0.257 e. The van der Waals surface area contributed by atoms with Gasteiger partial charge in [-0.1, -0.05) is 13.8 Å². The molecular formula is C94H110FN35O14. The van der Waals surface area contributed by atoms with Crippen molar-refractivity contribution in [2.45, 2.75) is 145 Å². The molecule has 0 unspecified atom stereocenters. The zero-order valence-electron chi connectivity index (χ0n) is 85.1. The number of nitrogens with zero attached hydrogens (tertiary/aromatic N) is 20. The normalized spacial score (nSPS) is 18.6. The molecule has 752 valence electrons. The Hall–Kier alpha value is -17.0. The minimum absolute atomic E-state index is 0.0331. The van der Waals surface area contributed by atoms with Crippen molar-refractivity contribution in [1.29, 1.82) is 0 Å². The van der Waals surface area contributed by atoms with Gasteiger partial charge in [0.2, 0.25) is 29.4 Å². The van der Waals surface area contributed by atoms with Gasteiger partial charge in [0.15, 0.2) is 28.2 Å². The predicted octanol–water partition coefficient (Wildman–Crippen LogP) is 8.00. The van der Waals surface area contributed by atoms with E-state index in [0.717, 1.165) is 38.5 Å². The lowest BCUT2D eigenvalue weighted by Crippen LogP contribution is -2.50. The SMILES string of the molecule is CNc1cc(Nc2cccnc2OC)nc2c(C(=O)N[C@H]3CC[C@@H]3O)cnn12.CNc1cc(Nc2cccnc2OC2CC2)nc2c(C(=O)NCC(C)(C)CO)cnn12.CNc1cc(Nc2cccnc2OC2CC2)nc2c(C(=O)N[C@H]3CC[C@@H]3O)cnn12.[2H]C([2H])([2H])Nc1cc(Nc2cccnc2OC)nc2c(C(=O)N[C@H]3C[C@H]3F)cnn12.[2H]C([2H])([2H])Oc1ncccc1Nc1cc(NC)n2ncc(C(=O)N[C@H]3CC[C@@H]3O)c2n1. The van der Waals surface area contributed by atoms with Crippen LogP contribution in [0.5, 0.6) is 29.4 Å². The van der Waals surface area contributed by atoms with E-state index in [4.69, 9.17) is 31.9 Å². The molecule has 15 heterocycles. The van der Waals surface area contributed by atoms with Gasteiger partial charge in [0.25, 0.3) is 29.5 Å². The maximum atomic E-state index is 13.2. The molecule has 15 aromatic heterocycles. The molecule has 6 aliphatic carbocycles. The second-order valence-corrected chi connectivity index (χ2v) is 34.8. The lowest BCUT2D eigenvalue weighted by Gasteiger charge is -2.32. The molecule has 5 amide bonds. The fourth-order valence-corrected chi connectivity index (χ4v) is 14.9. The molecule has 8 atom stereocenters. The largest absolute Gasteiger partial charge is 0.480 e. The molecule has 6 aliphatic rings. The van der Waals surface area contributed by atoms with Crippen molar-refractivity contribution >= 4 is 144 Å². The summed E-state index contributed by atoms with van der Waals surface area (Å²) in [4.78, 5) is 107. The number of halogens is 1. The summed E-state index contributed by atoms with van der Waals surface area (Å²) in [6, 6.07) is 24.7. The van der Waals surface area contributed by atoms with Crippen LogP contribution in [0.3, 0.4) is 0 Å². The second kappa shape index (κ2) is 43.8. The van der Waals surface area contributed by atoms with Crippen LogP contribution in [0.4, 0.5) is 91.0 Å². The van der Waals surface area contributed by atoms with E-state index in [-0.39, 0.29) is 101 Å². The molecule has 0 radical (unpaired) electrons. The molecule has 15 aromatic rings. The van der Waals surface area contributed by atoms with Crippen LogP contribution in [-0.2, 0) is 0 Å². The van der Waals surface area contributed by atoms with Gasteiger partial charge < -0.3 is 124 Å². The van der Waals surface area contributed by atoms with Gasteiger partial charge in [-0.3, -0.25) is 24.0 Å². The van der Waals surface area contributed by atoms with Crippen molar-refractivity contribution < 1.29 is 80.7 Å². The summed E-state index contributed by atoms with van der Waals surface area (Å²) < 4.78 is 92.1. The first-order chi connectivity index (χ1) is 72.1. The number of amides is 5. The minimum atomic E-state index is -2.67. The van der Waals surface area contributed by atoms with Gasteiger partial charge >= 0.3 is 0 Å². The lowest BCUT2D eigenvalue weighted by molar-refractivity contribution is 0.0448. The molecule has 0 bridgehead atoms. The van der Waals surface area contributed by atoms with Crippen molar-refractivity contribution in [3.05, 3.63) is 181 Å². The highest BCUT2D eigenvalue weighted by Crippen LogP contribution is 2.38. The van der Waals surface area contributed by atoms with Crippen LogP contribution in [0.25, 0.3) is 28.2 Å². The molecule has 6 saturated carbocycles. The number of aliphatic hydroxyl groups excluding tert-OH is 4. The highest BCUT2D eigenvalue weighted by atomic mass is 19.1. The van der Waals surface area contributed by atoms with Crippen LogP contribution in [0, 0.1) is 5.41 Å². The number of aliphatic hydroxyl groups is 4. The maximum absolute atomic E-state index is 13.2. The molecule has 21 rings (SSSR count). The number of fused-ring (bicyclic) bond motifs is 5. The number of hydrogen-bond donors (Lipinski definition) is 19. The summed E-state index contributed by atoms with van der Waals surface area (Å²) in [5, 5.41) is 104. The quantitative estimate of drug-likeness (QED) is 0.0181. The van der Waals surface area contributed by atoms with Crippen molar-refractivity contribution in [3.63, 3.8) is 0 Å². The number of nitrogens with one attached hydrogen (secondary N) is 15. The molecule has 19 N–H and O–H groups in total. The molecule has 0 saturated heterocycles. The van der Waals surface area contributed by atoms with Gasteiger partial charge in [-0.2, -0.15) is 48.1 Å². The Kier molecular flexibility index (Phi) is 27.6. The van der Waals surface area contributed by atoms with Gasteiger partial charge in [0.1, 0.15) is 133 Å². The van der Waals surface area contributed by atoms with Crippen LogP contribution in [0.1, 0.15) is 144 Å². The van der Waals surface area contributed by atoms with Gasteiger partial charge in [-0.25, -0.2) is 54.2 Å². The van der Waals surface area contributed by atoms with E-state index < -0.39 is 61.8 Å². The fourth-order valence-electron chi connectivity index (χ4n) is 14.9. The fraction of sp³-hybridized carbons (Fsp3) is 0.362. The van der Waals surface area contributed by atoms with E-state index in [2.05, 4.69) is 155 Å². The Morgan fingerprint density at radius 3 is 0.910 bits per heavy atom. The van der Waals surface area contributed by atoms with Crippen LogP contribution in [-0.4, -0.2) is 278 Å². The molecule has 0 spiro atoms. The summed E-state index contributed by atoms with van der Waals surface area (Å²) in [7, 11) is 7.33. The van der Waals surface area contributed by atoms with E-state index in [1.807, 2.05) is 44.2 Å². The predicted molar refractivity (Wildman–Crippen MR) is 531 cm³/mol. The molecule has 0 aromatic carbocycles. The number of methoxy groups -OCH3 is 3. The van der Waals surface area contributed by atoms with Crippen molar-refractivity contribution in [2.24, 2.45) is 5.41 Å². The van der Waals surface area contributed by atoms with Gasteiger partial charge in [0.05, 0.1) is 98.8 Å². The molecule has 50 heteroatoms. The summed E-state index contributed by atoms with van der Waals surface area (Å²) in [6.07, 6.45) is 21.6. The Morgan fingerprint density at radius 1 is 0.396 bits per heavy atom. The summed E-state index contributed by atoms with van der Waals surface area (Å²) >= 11 is 0. The Morgan fingerprint density at radius 2 is 0.667 bits per heavy atom. The number of carbonyl (C=O) groups excluding carboxylic acids is 5. The van der Waals surface area contributed by atoms with E-state index in [1.165, 1.54) is 66.5 Å². The monoisotopic (exact) mass is 1980 g/mol. The van der Waals surface area contributed by atoms with Gasteiger partial charge in [-0.15, -0.1) is 0 Å². The highest BCUT2D eigenvalue weighted by Gasteiger charge is 2.40. The molecular weight excluding hydrogens is 1860 g/mol. The van der Waals surface area contributed by atoms with E-state index in [9.17, 15) is 48.8 Å². The number of aromatic nitrogens is 20. The van der Waals surface area contributed by atoms with Crippen molar-refractivity contribution in [3.8, 4) is 29.4 Å². The molecule has 144 heavy (non-hydrogen) atoms. The third kappa shape index (κ3) is 22.7.